The topological polar surface area (TPSA) is 35.6 Å². The zero-order chi connectivity index (χ0) is 17.8. The Morgan fingerprint density at radius 3 is 2.72 bits per heavy atom. The molecule has 2 fully saturated rings. The van der Waals surface area contributed by atoms with Crippen LogP contribution in [0.3, 0.4) is 0 Å². The van der Waals surface area contributed by atoms with Crippen molar-refractivity contribution in [2.24, 2.45) is 5.92 Å². The Balaban J connectivity index is 1.67. The van der Waals surface area contributed by atoms with Crippen molar-refractivity contribution in [3.63, 3.8) is 0 Å². The molecular weight excluding hydrogens is 341 g/mol. The quantitative estimate of drug-likeness (QED) is 0.825. The summed E-state index contributed by atoms with van der Waals surface area (Å²) < 4.78 is 13.3. The molecule has 1 aromatic rings. The number of carbonyl (C=O) groups excluding carboxylic acids is 1. The highest BCUT2D eigenvalue weighted by Gasteiger charge is 2.32. The molecule has 3 rings (SSSR count). The lowest BCUT2D eigenvalue weighted by Gasteiger charge is -2.33. The number of halogens is 2. The molecule has 2 amide bonds. The van der Waals surface area contributed by atoms with Crippen molar-refractivity contribution in [2.45, 2.75) is 45.1 Å². The summed E-state index contributed by atoms with van der Waals surface area (Å²) in [6.07, 6.45) is 5.89. The number of likely N-dealkylation sites (tertiary alicyclic amines) is 1. The van der Waals surface area contributed by atoms with E-state index in [-0.39, 0.29) is 17.1 Å². The van der Waals surface area contributed by atoms with E-state index in [1.807, 2.05) is 4.90 Å². The first-order valence-corrected chi connectivity index (χ1v) is 9.67. The molecule has 1 saturated carbocycles. The number of nitrogens with zero attached hydrogens (tertiary/aromatic N) is 2. The molecule has 6 heteroatoms. The van der Waals surface area contributed by atoms with Crippen LogP contribution in [0.1, 0.15) is 39.0 Å². The maximum absolute atomic E-state index is 13.3. The van der Waals surface area contributed by atoms with Gasteiger partial charge in [-0.3, -0.25) is 0 Å². The van der Waals surface area contributed by atoms with Gasteiger partial charge in [-0.15, -0.1) is 0 Å². The molecular formula is C19H27ClFN3O. The van der Waals surface area contributed by atoms with Crippen molar-refractivity contribution in [2.75, 3.05) is 31.5 Å². The van der Waals surface area contributed by atoms with Crippen LogP contribution in [0.15, 0.2) is 18.2 Å². The van der Waals surface area contributed by atoms with E-state index in [1.54, 1.807) is 6.07 Å². The standard InChI is InChI=1S/C19H27ClFN3O/c1-14-5-4-6-18(14)24(12-11-23-9-2-3-10-23)19(25)22-15-7-8-17(21)16(20)13-15/h7-8,13-14,18H,2-6,9-12H2,1H3,(H,22,25). The minimum absolute atomic E-state index is 0.0238. The van der Waals surface area contributed by atoms with Crippen molar-refractivity contribution < 1.29 is 9.18 Å². The number of urea groups is 1. The summed E-state index contributed by atoms with van der Waals surface area (Å²) in [7, 11) is 0. The van der Waals surface area contributed by atoms with Crippen LogP contribution in [0.2, 0.25) is 5.02 Å². The molecule has 1 aliphatic carbocycles. The Hall–Kier alpha value is -1.33. The number of anilines is 1. The first-order chi connectivity index (χ1) is 12.0. The lowest BCUT2D eigenvalue weighted by atomic mass is 10.0. The molecule has 1 aliphatic heterocycles. The van der Waals surface area contributed by atoms with Gasteiger partial charge in [-0.25, -0.2) is 9.18 Å². The minimum atomic E-state index is -0.477. The van der Waals surface area contributed by atoms with Gasteiger partial charge in [0.2, 0.25) is 0 Å². The van der Waals surface area contributed by atoms with E-state index in [9.17, 15) is 9.18 Å². The van der Waals surface area contributed by atoms with Crippen molar-refractivity contribution in [3.8, 4) is 0 Å². The normalized spacial score (nSPS) is 23.8. The van der Waals surface area contributed by atoms with Gasteiger partial charge in [0.25, 0.3) is 0 Å². The van der Waals surface area contributed by atoms with Crippen LogP contribution in [0.25, 0.3) is 0 Å². The Kier molecular flexibility index (Phi) is 6.18. The van der Waals surface area contributed by atoms with Crippen molar-refractivity contribution in [3.05, 3.63) is 29.0 Å². The zero-order valence-corrected chi connectivity index (χ0v) is 15.6. The molecule has 2 atom stereocenters. The van der Waals surface area contributed by atoms with Gasteiger partial charge in [0.05, 0.1) is 5.02 Å². The van der Waals surface area contributed by atoms with Crippen LogP contribution < -0.4 is 5.32 Å². The van der Waals surface area contributed by atoms with Crippen LogP contribution in [-0.4, -0.2) is 48.1 Å². The van der Waals surface area contributed by atoms with Crippen molar-refractivity contribution in [1.82, 2.24) is 9.80 Å². The molecule has 138 valence electrons. The van der Waals surface area contributed by atoms with Crippen molar-refractivity contribution in [1.29, 1.82) is 0 Å². The highest BCUT2D eigenvalue weighted by Crippen LogP contribution is 2.30. The van der Waals surface area contributed by atoms with E-state index in [4.69, 9.17) is 11.6 Å². The predicted octanol–water partition coefficient (Wildman–Crippen LogP) is 4.60. The molecule has 1 saturated heterocycles. The molecule has 4 nitrogen and oxygen atoms in total. The molecule has 2 aliphatic rings. The maximum atomic E-state index is 13.3. The summed E-state index contributed by atoms with van der Waals surface area (Å²) in [6, 6.07) is 4.46. The molecule has 0 aromatic heterocycles. The molecule has 1 aromatic carbocycles. The molecule has 1 heterocycles. The lowest BCUT2D eigenvalue weighted by molar-refractivity contribution is 0.161. The summed E-state index contributed by atoms with van der Waals surface area (Å²) in [5.41, 5.74) is 0.535. The van der Waals surface area contributed by atoms with Gasteiger partial charge in [-0.2, -0.15) is 0 Å². The second-order valence-electron chi connectivity index (χ2n) is 7.28. The highest BCUT2D eigenvalue weighted by molar-refractivity contribution is 6.31. The van der Waals surface area contributed by atoms with E-state index in [2.05, 4.69) is 17.1 Å². The van der Waals surface area contributed by atoms with E-state index in [1.165, 1.54) is 37.8 Å². The van der Waals surface area contributed by atoms with E-state index >= 15 is 0 Å². The average molecular weight is 368 g/mol. The number of nitrogens with one attached hydrogen (secondary N) is 1. The SMILES string of the molecule is CC1CCCC1N(CCN1CCCC1)C(=O)Nc1ccc(F)c(Cl)c1. The van der Waals surface area contributed by atoms with Gasteiger partial charge in [0.1, 0.15) is 5.82 Å². The minimum Gasteiger partial charge on any atom is -0.320 e. The fraction of sp³-hybridized carbons (Fsp3) is 0.632. The van der Waals surface area contributed by atoms with Crippen LogP contribution in [0, 0.1) is 11.7 Å². The first-order valence-electron chi connectivity index (χ1n) is 9.29. The Bertz CT molecular complexity index is 606. The Morgan fingerprint density at radius 2 is 2.08 bits per heavy atom. The molecule has 0 bridgehead atoms. The smallest absolute Gasteiger partial charge is 0.320 e. The Labute approximate surface area is 154 Å². The number of amides is 2. The van der Waals surface area contributed by atoms with E-state index in [0.29, 0.717) is 11.6 Å². The van der Waals surface area contributed by atoms with Gasteiger partial charge >= 0.3 is 6.03 Å². The monoisotopic (exact) mass is 367 g/mol. The third-order valence-electron chi connectivity index (χ3n) is 5.50. The molecule has 2 unspecified atom stereocenters. The van der Waals surface area contributed by atoms with Gasteiger partial charge < -0.3 is 15.1 Å². The molecule has 25 heavy (non-hydrogen) atoms. The molecule has 1 N–H and O–H groups in total. The van der Waals surface area contributed by atoms with Gasteiger partial charge in [0.15, 0.2) is 0 Å². The summed E-state index contributed by atoms with van der Waals surface area (Å²) in [5, 5.41) is 2.92. The number of carbonyl (C=O) groups is 1. The number of benzene rings is 1. The number of hydrogen-bond acceptors (Lipinski definition) is 2. The second-order valence-corrected chi connectivity index (χ2v) is 7.68. The van der Waals surface area contributed by atoms with Crippen LogP contribution in [0.4, 0.5) is 14.9 Å². The maximum Gasteiger partial charge on any atom is 0.322 e. The fourth-order valence-electron chi connectivity index (χ4n) is 4.03. The third kappa shape index (κ3) is 4.64. The molecule has 0 spiro atoms. The summed E-state index contributed by atoms with van der Waals surface area (Å²) in [6.45, 7) is 6.13. The zero-order valence-electron chi connectivity index (χ0n) is 14.8. The predicted molar refractivity (Wildman–Crippen MR) is 99.6 cm³/mol. The van der Waals surface area contributed by atoms with Crippen LogP contribution in [0.5, 0.6) is 0 Å². The van der Waals surface area contributed by atoms with Gasteiger partial charge in [-0.05, 0) is 62.9 Å². The molecule has 0 radical (unpaired) electrons. The van der Waals surface area contributed by atoms with Crippen LogP contribution in [-0.2, 0) is 0 Å². The number of hydrogen-bond donors (Lipinski definition) is 1. The Morgan fingerprint density at radius 1 is 1.32 bits per heavy atom. The third-order valence-corrected chi connectivity index (χ3v) is 5.79. The summed E-state index contributed by atoms with van der Waals surface area (Å²) >= 11 is 5.83. The lowest BCUT2D eigenvalue weighted by Crippen LogP contribution is -2.47. The van der Waals surface area contributed by atoms with Crippen molar-refractivity contribution >= 4 is 23.3 Å². The van der Waals surface area contributed by atoms with E-state index in [0.717, 1.165) is 32.6 Å². The van der Waals surface area contributed by atoms with E-state index < -0.39 is 5.82 Å². The average Bonchev–Trinajstić information content (AvgIpc) is 3.24. The van der Waals surface area contributed by atoms with Crippen LogP contribution >= 0.6 is 11.6 Å². The highest BCUT2D eigenvalue weighted by atomic mass is 35.5. The summed E-state index contributed by atoms with van der Waals surface area (Å²) in [5.74, 6) is 0.0381. The fourth-order valence-corrected chi connectivity index (χ4v) is 4.21. The summed E-state index contributed by atoms with van der Waals surface area (Å²) in [4.78, 5) is 17.3. The largest absolute Gasteiger partial charge is 0.322 e. The second kappa shape index (κ2) is 8.37. The van der Waals surface area contributed by atoms with Gasteiger partial charge in [-0.1, -0.05) is 24.9 Å². The first kappa shape index (κ1) is 18.5. The van der Waals surface area contributed by atoms with Gasteiger partial charge in [0, 0.05) is 24.8 Å². The number of rotatable bonds is 5.